The van der Waals surface area contributed by atoms with Crippen LogP contribution >= 0.6 is 19.2 Å². The van der Waals surface area contributed by atoms with Gasteiger partial charge >= 0.3 is 13.8 Å². The van der Waals surface area contributed by atoms with Crippen LogP contribution in [0.25, 0.3) is 0 Å². The van der Waals surface area contributed by atoms with E-state index in [4.69, 9.17) is 34.9 Å². The van der Waals surface area contributed by atoms with Crippen LogP contribution in [0.15, 0.2) is 54.6 Å². The number of carbonyl (C=O) groups is 1. The lowest BCUT2D eigenvalue weighted by molar-refractivity contribution is 0.0725. The molecule has 238 valence electrons. The predicted octanol–water partition coefficient (Wildman–Crippen LogP) is 10.5. The molecule has 0 saturated carbocycles. The highest BCUT2D eigenvalue weighted by Crippen LogP contribution is 2.56. The van der Waals surface area contributed by atoms with Crippen molar-refractivity contribution in [1.29, 1.82) is 0 Å². The van der Waals surface area contributed by atoms with Crippen molar-refractivity contribution in [2.45, 2.75) is 85.2 Å². The highest BCUT2D eigenvalue weighted by molar-refractivity contribution is 7.53. The lowest BCUT2D eigenvalue weighted by Crippen LogP contribution is -2.17. The number of halogens is 1. The molecule has 3 aromatic carbocycles. The van der Waals surface area contributed by atoms with Gasteiger partial charge in [-0.2, -0.15) is 0 Å². The normalized spacial score (nSPS) is 18.3. The summed E-state index contributed by atoms with van der Waals surface area (Å²) in [6.07, 6.45) is 4.22. The van der Waals surface area contributed by atoms with E-state index in [1.807, 2.05) is 56.3 Å². The number of hydrogen-bond acceptors (Lipinski definition) is 7. The number of ether oxygens (including phenoxy) is 3. The van der Waals surface area contributed by atoms with E-state index in [-0.39, 0.29) is 18.4 Å². The molecule has 0 radical (unpaired) electrons. The van der Waals surface area contributed by atoms with E-state index in [0.29, 0.717) is 42.6 Å². The first-order valence-electron chi connectivity index (χ1n) is 15.4. The molecular formula is C35H44ClO7P. The van der Waals surface area contributed by atoms with Gasteiger partial charge in [0.25, 0.3) is 0 Å². The monoisotopic (exact) mass is 642 g/mol. The van der Waals surface area contributed by atoms with Crippen LogP contribution in [0.3, 0.4) is 0 Å². The Morgan fingerprint density at radius 2 is 1.82 bits per heavy atom. The van der Waals surface area contributed by atoms with Crippen molar-refractivity contribution in [2.24, 2.45) is 0 Å². The molecule has 4 rings (SSSR count). The van der Waals surface area contributed by atoms with Gasteiger partial charge in [0.1, 0.15) is 11.5 Å². The fourth-order valence-electron chi connectivity index (χ4n) is 5.31. The van der Waals surface area contributed by atoms with Gasteiger partial charge in [-0.15, -0.1) is 0 Å². The third-order valence-corrected chi connectivity index (χ3v) is 9.56. The molecule has 7 nitrogen and oxygen atoms in total. The summed E-state index contributed by atoms with van der Waals surface area (Å²) >= 11 is 6.14. The Kier molecular flexibility index (Phi) is 12.3. The van der Waals surface area contributed by atoms with E-state index < -0.39 is 13.8 Å². The molecule has 1 aliphatic heterocycles. The number of rotatable bonds is 13. The number of aryl methyl sites for hydroxylation is 2. The van der Waals surface area contributed by atoms with Crippen molar-refractivity contribution in [3.05, 3.63) is 93.0 Å². The van der Waals surface area contributed by atoms with Crippen LogP contribution in [0, 0.1) is 13.8 Å². The van der Waals surface area contributed by atoms with E-state index in [1.54, 1.807) is 6.07 Å². The zero-order chi connectivity index (χ0) is 31.7. The summed E-state index contributed by atoms with van der Waals surface area (Å²) in [6, 6.07) is 17.2. The van der Waals surface area contributed by atoms with Gasteiger partial charge in [0.15, 0.2) is 6.35 Å². The second-order valence-electron chi connectivity index (χ2n) is 11.7. The zero-order valence-electron chi connectivity index (χ0n) is 26.4. The first-order chi connectivity index (χ1) is 21.1. The van der Waals surface area contributed by atoms with Gasteiger partial charge in [-0.05, 0) is 96.3 Å². The topological polar surface area (TPSA) is 80.3 Å². The smallest absolute Gasteiger partial charge is 0.481 e. The molecule has 9 heteroatoms. The quantitative estimate of drug-likeness (QED) is 0.0794. The Balaban J connectivity index is 1.39. The van der Waals surface area contributed by atoms with Crippen molar-refractivity contribution in [1.82, 2.24) is 0 Å². The average molecular weight is 643 g/mol. The highest BCUT2D eigenvalue weighted by Gasteiger charge is 2.35. The van der Waals surface area contributed by atoms with Crippen LogP contribution < -0.4 is 9.47 Å². The number of hydrogen-bond donors (Lipinski definition) is 0. The summed E-state index contributed by atoms with van der Waals surface area (Å²) in [6.45, 7) is 11.1. The predicted molar refractivity (Wildman–Crippen MR) is 174 cm³/mol. The Labute approximate surface area is 266 Å². The third kappa shape index (κ3) is 9.58. The average Bonchev–Trinajstić information content (AvgIpc) is 2.98. The van der Waals surface area contributed by atoms with Gasteiger partial charge in [-0.3, -0.25) is 9.09 Å². The van der Waals surface area contributed by atoms with Crippen molar-refractivity contribution >= 4 is 25.4 Å². The molecule has 1 heterocycles. The number of carbonyl (C=O) groups excluding carboxylic acids is 1. The Morgan fingerprint density at radius 3 is 2.52 bits per heavy atom. The molecule has 44 heavy (non-hydrogen) atoms. The molecule has 2 atom stereocenters. The summed E-state index contributed by atoms with van der Waals surface area (Å²) in [4.78, 5) is 12.3. The summed E-state index contributed by atoms with van der Waals surface area (Å²) < 4.78 is 41.7. The van der Waals surface area contributed by atoms with Crippen LogP contribution in [0.5, 0.6) is 11.5 Å². The molecule has 0 amide bonds. The Bertz CT molecular complexity index is 1450. The summed E-state index contributed by atoms with van der Waals surface area (Å²) in [5, 5.41) is 0.604. The molecular weight excluding hydrogens is 599 g/mol. The number of unbranched alkanes of at least 4 members (excludes halogenated alkanes) is 3. The van der Waals surface area contributed by atoms with Gasteiger partial charge in [0.05, 0.1) is 19.3 Å². The minimum atomic E-state index is -3.46. The highest BCUT2D eigenvalue weighted by atomic mass is 35.5. The summed E-state index contributed by atoms with van der Waals surface area (Å²) in [5.41, 5.74) is 6.21. The fourth-order valence-corrected chi connectivity index (χ4v) is 7.01. The van der Waals surface area contributed by atoms with E-state index in [0.717, 1.165) is 53.5 Å². The molecule has 0 aromatic heterocycles. The van der Waals surface area contributed by atoms with Crippen molar-refractivity contribution < 1.29 is 32.6 Å². The van der Waals surface area contributed by atoms with Crippen molar-refractivity contribution in [3.63, 3.8) is 0 Å². The first kappa shape index (κ1) is 34.1. The van der Waals surface area contributed by atoms with E-state index >= 15 is 0 Å². The van der Waals surface area contributed by atoms with Crippen molar-refractivity contribution in [2.75, 3.05) is 19.6 Å². The molecule has 3 aromatic rings. The Hall–Kier alpha value is -2.83. The first-order valence-corrected chi connectivity index (χ1v) is 17.5. The van der Waals surface area contributed by atoms with Crippen LogP contribution in [0.4, 0.5) is 4.79 Å². The maximum Gasteiger partial charge on any atom is 0.513 e. The van der Waals surface area contributed by atoms with Gasteiger partial charge in [-0.1, -0.05) is 75.9 Å². The summed E-state index contributed by atoms with van der Waals surface area (Å²) in [7, 11) is -3.46. The largest absolute Gasteiger partial charge is 0.513 e. The van der Waals surface area contributed by atoms with E-state index in [1.165, 1.54) is 5.56 Å². The van der Waals surface area contributed by atoms with Crippen LogP contribution in [0.2, 0.25) is 5.02 Å². The molecule has 0 spiro atoms. The standard InChI is InChI=1S/C35H44ClO7P/c1-6-7-8-9-16-39-35(37)42-34-14-13-27(20-31(34)24(2)3)21-32-25(4)18-30(19-26(32)5)40-23-44(38)41-17-15-33(43-44)28-11-10-12-29(36)22-28/h10-14,18-20,22,24,33H,6-9,15-17,21,23H2,1-5H3/t33-,44+/m0/s1. The molecule has 1 aliphatic rings. The van der Waals surface area contributed by atoms with Crippen LogP contribution in [-0.4, -0.2) is 25.7 Å². The van der Waals surface area contributed by atoms with Crippen molar-refractivity contribution in [3.8, 4) is 11.5 Å². The van der Waals surface area contributed by atoms with E-state index in [9.17, 15) is 9.36 Å². The molecule has 1 fully saturated rings. The lowest BCUT2D eigenvalue weighted by Gasteiger charge is -2.30. The molecule has 1 saturated heterocycles. The molecule has 0 bridgehead atoms. The second kappa shape index (κ2) is 15.9. The lowest BCUT2D eigenvalue weighted by atomic mass is 9.93. The Morgan fingerprint density at radius 1 is 1.05 bits per heavy atom. The molecule has 0 unspecified atom stereocenters. The minimum Gasteiger partial charge on any atom is -0.481 e. The maximum atomic E-state index is 13.4. The van der Waals surface area contributed by atoms with Gasteiger partial charge in [0.2, 0.25) is 0 Å². The molecule has 0 N–H and O–H groups in total. The summed E-state index contributed by atoms with van der Waals surface area (Å²) in [5.74, 6) is 1.29. The van der Waals surface area contributed by atoms with Gasteiger partial charge < -0.3 is 18.7 Å². The maximum absolute atomic E-state index is 13.4. The number of benzene rings is 3. The second-order valence-corrected chi connectivity index (χ2v) is 14.0. The SMILES string of the molecule is CCCCCCOC(=O)Oc1ccc(Cc2c(C)cc(OC[P@@]3(=O)OCC[C@@H](c4cccc(Cl)c4)O3)cc2C)cc1C(C)C. The van der Waals surface area contributed by atoms with Gasteiger partial charge in [-0.25, -0.2) is 4.79 Å². The molecule has 0 aliphatic carbocycles. The van der Waals surface area contributed by atoms with Gasteiger partial charge in [0, 0.05) is 11.4 Å². The minimum absolute atomic E-state index is 0.158. The van der Waals surface area contributed by atoms with E-state index in [2.05, 4.69) is 26.8 Å². The van der Waals surface area contributed by atoms with Crippen LogP contribution in [-0.2, 0) is 24.8 Å². The van der Waals surface area contributed by atoms with Crippen LogP contribution in [0.1, 0.15) is 98.3 Å². The fraction of sp³-hybridized carbons (Fsp3) is 0.457. The third-order valence-electron chi connectivity index (χ3n) is 7.72. The zero-order valence-corrected chi connectivity index (χ0v) is 28.0.